The van der Waals surface area contributed by atoms with Gasteiger partial charge in [-0.2, -0.15) is 0 Å². The molecule has 3 rings (SSSR count). The molecule has 0 fully saturated rings. The molecule has 2 heterocycles. The van der Waals surface area contributed by atoms with Crippen LogP contribution in [-0.2, 0) is 13.0 Å². The third-order valence-electron chi connectivity index (χ3n) is 4.37. The fraction of sp³-hybridized carbons (Fsp3) is 0.286. The van der Waals surface area contributed by atoms with E-state index in [2.05, 4.69) is 15.3 Å². The second-order valence-corrected chi connectivity index (χ2v) is 6.88. The molecule has 7 nitrogen and oxygen atoms in total. The molecule has 0 aliphatic rings. The predicted octanol–water partition coefficient (Wildman–Crippen LogP) is 2.83. The molecule has 3 N–H and O–H groups in total. The van der Waals surface area contributed by atoms with Gasteiger partial charge in [-0.15, -0.1) is 0 Å². The second kappa shape index (κ2) is 9.54. The highest BCUT2D eigenvalue weighted by Crippen LogP contribution is 2.21. The van der Waals surface area contributed by atoms with Crippen LogP contribution < -0.4 is 15.5 Å². The molecular weight excluding hydrogens is 394 g/mol. The summed E-state index contributed by atoms with van der Waals surface area (Å²) < 4.78 is 5.56. The zero-order valence-corrected chi connectivity index (χ0v) is 16.8. The lowest BCUT2D eigenvalue weighted by molar-refractivity contribution is 0.0949. The number of hydrogen-bond acceptors (Lipinski definition) is 5. The largest absolute Gasteiger partial charge is 0.476 e. The number of halogens is 1. The van der Waals surface area contributed by atoms with Crippen LogP contribution in [0, 0.1) is 0 Å². The van der Waals surface area contributed by atoms with Crippen molar-refractivity contribution in [3.63, 3.8) is 0 Å². The van der Waals surface area contributed by atoms with Gasteiger partial charge >= 0.3 is 0 Å². The molecule has 0 radical (unpaired) electrons. The van der Waals surface area contributed by atoms with Crippen LogP contribution in [0.2, 0.25) is 5.02 Å². The zero-order valence-electron chi connectivity index (χ0n) is 16.0. The van der Waals surface area contributed by atoms with Crippen molar-refractivity contribution in [3.05, 3.63) is 68.6 Å². The second-order valence-electron chi connectivity index (χ2n) is 6.44. The predicted molar refractivity (Wildman–Crippen MR) is 112 cm³/mol. The normalized spacial score (nSPS) is 10.9. The number of ether oxygens (including phenoxy) is 1. The number of carbonyl (C=O) groups is 1. The first kappa shape index (κ1) is 20.8. The quantitative estimate of drug-likeness (QED) is 0.524. The lowest BCUT2D eigenvalue weighted by Gasteiger charge is -2.11. The Kier molecular flexibility index (Phi) is 6.85. The van der Waals surface area contributed by atoms with E-state index in [0.29, 0.717) is 46.9 Å². The Balaban J connectivity index is 1.91. The van der Waals surface area contributed by atoms with Gasteiger partial charge in [0, 0.05) is 30.1 Å². The SMILES string of the molecule is CCOc1nc(CCCO)cc2c(=O)c(C(=O)NCc3ccc(Cl)cc3)c[nH]c12. The number of nitrogens with zero attached hydrogens (tertiary/aromatic N) is 1. The Morgan fingerprint density at radius 3 is 2.76 bits per heavy atom. The van der Waals surface area contributed by atoms with Gasteiger partial charge in [0.1, 0.15) is 11.1 Å². The highest BCUT2D eigenvalue weighted by molar-refractivity contribution is 6.30. The summed E-state index contributed by atoms with van der Waals surface area (Å²) >= 11 is 5.86. The van der Waals surface area contributed by atoms with E-state index in [-0.39, 0.29) is 18.7 Å². The number of pyridine rings is 2. The van der Waals surface area contributed by atoms with Crippen LogP contribution in [0.1, 0.15) is 35.0 Å². The first-order valence-corrected chi connectivity index (χ1v) is 9.73. The average molecular weight is 416 g/mol. The molecule has 1 aromatic carbocycles. The van der Waals surface area contributed by atoms with Gasteiger partial charge < -0.3 is 20.1 Å². The molecule has 3 aromatic rings. The number of H-pyrrole nitrogens is 1. The molecule has 0 saturated heterocycles. The van der Waals surface area contributed by atoms with Crippen molar-refractivity contribution in [1.29, 1.82) is 0 Å². The maximum absolute atomic E-state index is 13.0. The minimum atomic E-state index is -0.477. The number of rotatable bonds is 8. The van der Waals surface area contributed by atoms with E-state index in [4.69, 9.17) is 21.4 Å². The fourth-order valence-corrected chi connectivity index (χ4v) is 3.05. The van der Waals surface area contributed by atoms with E-state index < -0.39 is 11.3 Å². The van der Waals surface area contributed by atoms with Gasteiger partial charge in [-0.25, -0.2) is 4.98 Å². The monoisotopic (exact) mass is 415 g/mol. The van der Waals surface area contributed by atoms with Crippen LogP contribution >= 0.6 is 11.6 Å². The Morgan fingerprint density at radius 2 is 2.07 bits per heavy atom. The molecule has 0 saturated carbocycles. The molecule has 8 heteroatoms. The minimum Gasteiger partial charge on any atom is -0.476 e. The van der Waals surface area contributed by atoms with Gasteiger partial charge in [-0.1, -0.05) is 23.7 Å². The van der Waals surface area contributed by atoms with E-state index in [1.807, 2.05) is 6.92 Å². The molecule has 1 amide bonds. The smallest absolute Gasteiger partial charge is 0.257 e. The maximum atomic E-state index is 13.0. The number of aromatic nitrogens is 2. The van der Waals surface area contributed by atoms with Crippen LogP contribution in [-0.4, -0.2) is 34.2 Å². The molecule has 0 spiro atoms. The third-order valence-corrected chi connectivity index (χ3v) is 4.62. The molecule has 152 valence electrons. The summed E-state index contributed by atoms with van der Waals surface area (Å²) in [5.41, 5.74) is 1.54. The van der Waals surface area contributed by atoms with Crippen molar-refractivity contribution in [1.82, 2.24) is 15.3 Å². The zero-order chi connectivity index (χ0) is 20.8. The molecule has 0 aliphatic heterocycles. The van der Waals surface area contributed by atoms with Gasteiger partial charge in [0.15, 0.2) is 0 Å². The summed E-state index contributed by atoms with van der Waals surface area (Å²) in [6, 6.07) is 8.73. The number of aliphatic hydroxyl groups excluding tert-OH is 1. The van der Waals surface area contributed by atoms with E-state index in [1.165, 1.54) is 6.20 Å². The van der Waals surface area contributed by atoms with E-state index in [0.717, 1.165) is 5.56 Å². The topological polar surface area (TPSA) is 104 Å². The third kappa shape index (κ3) is 4.93. The van der Waals surface area contributed by atoms with Gasteiger partial charge in [0.05, 0.1) is 12.0 Å². The highest BCUT2D eigenvalue weighted by Gasteiger charge is 2.17. The van der Waals surface area contributed by atoms with Crippen molar-refractivity contribution in [2.45, 2.75) is 26.3 Å². The lowest BCUT2D eigenvalue weighted by Crippen LogP contribution is -2.28. The summed E-state index contributed by atoms with van der Waals surface area (Å²) in [5.74, 6) is -0.169. The first-order valence-electron chi connectivity index (χ1n) is 9.35. The number of hydrogen-bond donors (Lipinski definition) is 3. The van der Waals surface area contributed by atoms with Crippen molar-refractivity contribution in [2.75, 3.05) is 13.2 Å². The molecular formula is C21H22ClN3O4. The van der Waals surface area contributed by atoms with Crippen LogP contribution in [0.25, 0.3) is 10.9 Å². The average Bonchev–Trinajstić information content (AvgIpc) is 2.72. The standard InChI is InChI=1S/C21H22ClN3O4/c1-2-29-21-18-16(10-15(25-21)4-3-9-26)19(27)17(12-23-18)20(28)24-11-13-5-7-14(22)8-6-13/h5-8,10,12,26H,2-4,9,11H2,1H3,(H,23,27)(H,24,28). The summed E-state index contributed by atoms with van der Waals surface area (Å²) in [5, 5.41) is 12.8. The van der Waals surface area contributed by atoms with Crippen LogP contribution in [0.3, 0.4) is 0 Å². The van der Waals surface area contributed by atoms with Gasteiger partial charge in [0.25, 0.3) is 5.91 Å². The van der Waals surface area contributed by atoms with Crippen molar-refractivity contribution in [3.8, 4) is 5.88 Å². The number of carbonyl (C=O) groups excluding carboxylic acids is 1. The van der Waals surface area contributed by atoms with Gasteiger partial charge in [-0.05, 0) is 43.5 Å². The van der Waals surface area contributed by atoms with E-state index in [1.54, 1.807) is 30.3 Å². The Hall–Kier alpha value is -2.90. The lowest BCUT2D eigenvalue weighted by atomic mass is 10.1. The number of amides is 1. The fourth-order valence-electron chi connectivity index (χ4n) is 2.92. The molecule has 0 aliphatic carbocycles. The highest BCUT2D eigenvalue weighted by atomic mass is 35.5. The van der Waals surface area contributed by atoms with Crippen LogP contribution in [0.4, 0.5) is 0 Å². The number of aliphatic hydroxyl groups is 1. The number of fused-ring (bicyclic) bond motifs is 1. The molecule has 0 bridgehead atoms. The number of benzene rings is 1. The summed E-state index contributed by atoms with van der Waals surface area (Å²) in [6.07, 6.45) is 2.39. The Labute approximate surface area is 172 Å². The Bertz CT molecular complexity index is 1060. The summed E-state index contributed by atoms with van der Waals surface area (Å²) in [4.78, 5) is 32.9. The molecule has 29 heavy (non-hydrogen) atoms. The number of nitrogens with one attached hydrogen (secondary N) is 2. The van der Waals surface area contributed by atoms with Gasteiger partial charge in [-0.3, -0.25) is 9.59 Å². The van der Waals surface area contributed by atoms with Crippen molar-refractivity contribution < 1.29 is 14.6 Å². The maximum Gasteiger partial charge on any atom is 0.257 e. The number of aryl methyl sites for hydroxylation is 1. The minimum absolute atomic E-state index is 0.00761. The molecule has 0 unspecified atom stereocenters. The van der Waals surface area contributed by atoms with E-state index >= 15 is 0 Å². The summed E-state index contributed by atoms with van der Waals surface area (Å²) in [7, 11) is 0. The van der Waals surface area contributed by atoms with Gasteiger partial charge in [0.2, 0.25) is 11.3 Å². The van der Waals surface area contributed by atoms with Crippen molar-refractivity contribution in [2.24, 2.45) is 0 Å². The van der Waals surface area contributed by atoms with Crippen LogP contribution in [0.5, 0.6) is 5.88 Å². The van der Waals surface area contributed by atoms with E-state index in [9.17, 15) is 9.59 Å². The van der Waals surface area contributed by atoms with Crippen LogP contribution in [0.15, 0.2) is 41.3 Å². The summed E-state index contributed by atoms with van der Waals surface area (Å²) in [6.45, 7) is 2.50. The Morgan fingerprint density at radius 1 is 1.31 bits per heavy atom. The molecule has 0 atom stereocenters. The first-order chi connectivity index (χ1) is 14.0. The number of aromatic amines is 1. The molecule has 2 aromatic heterocycles. The van der Waals surface area contributed by atoms with Crippen molar-refractivity contribution >= 4 is 28.4 Å².